The molecule has 1 rings (SSSR count). The van der Waals surface area contributed by atoms with Gasteiger partial charge in [0.25, 0.3) is 0 Å². The molecule has 0 aromatic heterocycles. The second-order valence-electron chi connectivity index (χ2n) is 6.09. The third kappa shape index (κ3) is 3.43. The van der Waals surface area contributed by atoms with Crippen LogP contribution in [0.3, 0.4) is 0 Å². The summed E-state index contributed by atoms with van der Waals surface area (Å²) >= 11 is 0. The number of hydrogen-bond donors (Lipinski definition) is 0. The van der Waals surface area contributed by atoms with Gasteiger partial charge in [-0.2, -0.15) is 0 Å². The Bertz CT molecular complexity index is 228. The molecule has 102 valence electrons. The molecule has 17 heavy (non-hydrogen) atoms. The minimum atomic E-state index is 0.235. The number of hydrogen-bond acceptors (Lipinski definition) is 3. The molecule has 0 aliphatic carbocycles. The lowest BCUT2D eigenvalue weighted by Gasteiger charge is -2.50. The van der Waals surface area contributed by atoms with Crippen LogP contribution in [0.2, 0.25) is 0 Å². The molecule has 3 heteroatoms. The lowest BCUT2D eigenvalue weighted by molar-refractivity contribution is -0.137. The number of nitrogens with zero attached hydrogens (tertiary/aromatic N) is 2. The molecule has 0 aromatic rings. The van der Waals surface area contributed by atoms with Crippen molar-refractivity contribution in [2.24, 2.45) is 5.92 Å². The molecular weight excluding hydrogens is 212 g/mol. The van der Waals surface area contributed by atoms with E-state index in [4.69, 9.17) is 4.74 Å². The second-order valence-corrected chi connectivity index (χ2v) is 6.09. The Kier molecular flexibility index (Phi) is 5.42. The highest BCUT2D eigenvalue weighted by Crippen LogP contribution is 2.25. The summed E-state index contributed by atoms with van der Waals surface area (Å²) in [6.07, 6.45) is 0.235. The van der Waals surface area contributed by atoms with E-state index in [9.17, 15) is 0 Å². The third-order valence-corrected chi connectivity index (χ3v) is 3.90. The lowest BCUT2D eigenvalue weighted by Crippen LogP contribution is -2.63. The summed E-state index contributed by atoms with van der Waals surface area (Å²) < 4.78 is 5.71. The average molecular weight is 242 g/mol. The van der Waals surface area contributed by atoms with Crippen molar-refractivity contribution >= 4 is 0 Å². The summed E-state index contributed by atoms with van der Waals surface area (Å²) in [5.41, 5.74) is 0. The fourth-order valence-corrected chi connectivity index (χ4v) is 2.81. The van der Waals surface area contributed by atoms with E-state index < -0.39 is 0 Å². The fourth-order valence-electron chi connectivity index (χ4n) is 2.81. The molecule has 0 N–H and O–H groups in total. The van der Waals surface area contributed by atoms with Crippen LogP contribution in [0.15, 0.2) is 0 Å². The molecule has 0 amide bonds. The van der Waals surface area contributed by atoms with Crippen molar-refractivity contribution in [3.8, 4) is 0 Å². The number of methoxy groups -OCH3 is 1. The summed E-state index contributed by atoms with van der Waals surface area (Å²) in [6.45, 7) is 15.9. The molecule has 1 heterocycles. The first-order valence-electron chi connectivity index (χ1n) is 6.92. The fraction of sp³-hybridized carbons (Fsp3) is 1.00. The second kappa shape index (κ2) is 6.17. The standard InChI is InChI=1S/C14H30N2O/c1-10(2)13-8-15(11(3)4)9-14(17-7)16(13)12(5)6/h10-14H,8-9H2,1-7H3. The largest absolute Gasteiger partial charge is 0.365 e. The molecule has 0 bridgehead atoms. The van der Waals surface area contributed by atoms with E-state index in [2.05, 4.69) is 51.3 Å². The van der Waals surface area contributed by atoms with Crippen LogP contribution in [0, 0.1) is 5.92 Å². The first kappa shape index (κ1) is 14.9. The van der Waals surface area contributed by atoms with Crippen molar-refractivity contribution in [2.45, 2.75) is 65.9 Å². The highest BCUT2D eigenvalue weighted by atomic mass is 16.5. The third-order valence-electron chi connectivity index (χ3n) is 3.90. The summed E-state index contributed by atoms with van der Waals surface area (Å²) in [7, 11) is 1.83. The van der Waals surface area contributed by atoms with Gasteiger partial charge in [-0.3, -0.25) is 9.80 Å². The number of rotatable bonds is 4. The van der Waals surface area contributed by atoms with Crippen LogP contribution >= 0.6 is 0 Å². The molecule has 1 fully saturated rings. The van der Waals surface area contributed by atoms with Crippen LogP contribution in [0.1, 0.15) is 41.5 Å². The molecule has 0 saturated carbocycles. The van der Waals surface area contributed by atoms with Gasteiger partial charge >= 0.3 is 0 Å². The van der Waals surface area contributed by atoms with E-state index in [0.29, 0.717) is 24.0 Å². The Morgan fingerprint density at radius 2 is 1.53 bits per heavy atom. The van der Waals surface area contributed by atoms with Crippen molar-refractivity contribution in [1.82, 2.24) is 9.80 Å². The van der Waals surface area contributed by atoms with Gasteiger partial charge in [0.1, 0.15) is 6.23 Å². The molecule has 2 unspecified atom stereocenters. The quantitative estimate of drug-likeness (QED) is 0.753. The van der Waals surface area contributed by atoms with Crippen LogP contribution in [-0.4, -0.2) is 54.4 Å². The van der Waals surface area contributed by atoms with Crippen molar-refractivity contribution in [1.29, 1.82) is 0 Å². The molecule has 0 radical (unpaired) electrons. The molecule has 1 aliphatic heterocycles. The maximum absolute atomic E-state index is 5.71. The maximum atomic E-state index is 5.71. The topological polar surface area (TPSA) is 15.7 Å². The highest BCUT2D eigenvalue weighted by molar-refractivity contribution is 4.89. The van der Waals surface area contributed by atoms with Crippen LogP contribution in [0.5, 0.6) is 0 Å². The Labute approximate surface area is 107 Å². The van der Waals surface area contributed by atoms with Crippen LogP contribution in [0.25, 0.3) is 0 Å². The maximum Gasteiger partial charge on any atom is 0.123 e. The van der Waals surface area contributed by atoms with Gasteiger partial charge in [-0.05, 0) is 33.6 Å². The lowest BCUT2D eigenvalue weighted by atomic mass is 9.96. The van der Waals surface area contributed by atoms with Gasteiger partial charge in [-0.25, -0.2) is 0 Å². The minimum absolute atomic E-state index is 0.235. The van der Waals surface area contributed by atoms with Crippen molar-refractivity contribution in [3.05, 3.63) is 0 Å². The Hall–Kier alpha value is -0.120. The van der Waals surface area contributed by atoms with Crippen molar-refractivity contribution in [2.75, 3.05) is 20.2 Å². The van der Waals surface area contributed by atoms with E-state index in [0.717, 1.165) is 13.1 Å². The molecule has 3 nitrogen and oxygen atoms in total. The Morgan fingerprint density at radius 3 is 1.88 bits per heavy atom. The van der Waals surface area contributed by atoms with Gasteiger partial charge in [0.05, 0.1) is 0 Å². The Balaban J connectivity index is 2.87. The van der Waals surface area contributed by atoms with Gasteiger partial charge < -0.3 is 4.74 Å². The number of piperazine rings is 1. The first-order chi connectivity index (χ1) is 7.88. The van der Waals surface area contributed by atoms with Crippen molar-refractivity contribution < 1.29 is 4.74 Å². The van der Waals surface area contributed by atoms with Crippen LogP contribution in [0.4, 0.5) is 0 Å². The SMILES string of the molecule is COC1CN(C(C)C)CC(C(C)C)N1C(C)C. The van der Waals surface area contributed by atoms with Gasteiger partial charge in [-0.1, -0.05) is 13.8 Å². The van der Waals surface area contributed by atoms with Crippen LogP contribution < -0.4 is 0 Å². The first-order valence-corrected chi connectivity index (χ1v) is 6.92. The zero-order chi connectivity index (χ0) is 13.2. The van der Waals surface area contributed by atoms with E-state index in [1.54, 1.807) is 0 Å². The zero-order valence-corrected chi connectivity index (χ0v) is 12.6. The van der Waals surface area contributed by atoms with E-state index >= 15 is 0 Å². The molecule has 1 saturated heterocycles. The van der Waals surface area contributed by atoms with Gasteiger partial charge in [0, 0.05) is 38.3 Å². The highest BCUT2D eigenvalue weighted by Gasteiger charge is 2.38. The van der Waals surface area contributed by atoms with E-state index in [1.165, 1.54) is 0 Å². The number of ether oxygens (including phenoxy) is 1. The molecular formula is C14H30N2O. The average Bonchev–Trinajstić information content (AvgIpc) is 2.26. The minimum Gasteiger partial charge on any atom is -0.365 e. The van der Waals surface area contributed by atoms with Crippen LogP contribution in [-0.2, 0) is 4.74 Å². The predicted molar refractivity (Wildman–Crippen MR) is 73.1 cm³/mol. The molecule has 2 atom stereocenters. The Morgan fingerprint density at radius 1 is 0.941 bits per heavy atom. The van der Waals surface area contributed by atoms with E-state index in [1.807, 2.05) is 7.11 Å². The van der Waals surface area contributed by atoms with E-state index in [-0.39, 0.29) is 6.23 Å². The monoisotopic (exact) mass is 242 g/mol. The zero-order valence-electron chi connectivity index (χ0n) is 12.6. The molecule has 1 aliphatic rings. The molecule has 0 aromatic carbocycles. The smallest absolute Gasteiger partial charge is 0.123 e. The summed E-state index contributed by atoms with van der Waals surface area (Å²) in [4.78, 5) is 5.08. The molecule has 0 spiro atoms. The summed E-state index contributed by atoms with van der Waals surface area (Å²) in [6, 6.07) is 1.74. The van der Waals surface area contributed by atoms with Gasteiger partial charge in [0.15, 0.2) is 0 Å². The predicted octanol–water partition coefficient (Wildman–Crippen LogP) is 2.42. The van der Waals surface area contributed by atoms with Gasteiger partial charge in [-0.15, -0.1) is 0 Å². The van der Waals surface area contributed by atoms with Gasteiger partial charge in [0.2, 0.25) is 0 Å². The van der Waals surface area contributed by atoms with Crippen molar-refractivity contribution in [3.63, 3.8) is 0 Å². The normalized spacial score (nSPS) is 28.6. The summed E-state index contributed by atoms with van der Waals surface area (Å²) in [5.74, 6) is 0.664. The summed E-state index contributed by atoms with van der Waals surface area (Å²) in [5, 5.41) is 0.